The molecule has 0 unspecified atom stereocenters. The lowest BCUT2D eigenvalue weighted by Gasteiger charge is -2.22. The molecule has 1 aromatic rings. The van der Waals surface area contributed by atoms with Gasteiger partial charge in [-0.05, 0) is 19.3 Å². The van der Waals surface area contributed by atoms with E-state index in [0.717, 1.165) is 50.2 Å². The fraction of sp³-hybridized carbons (Fsp3) is 0.867. The van der Waals surface area contributed by atoms with E-state index in [1.54, 1.807) is 0 Å². The van der Waals surface area contributed by atoms with Crippen molar-refractivity contribution in [2.24, 2.45) is 13.0 Å². The average Bonchev–Trinajstić information content (AvgIpc) is 3.00. The zero-order valence-electron chi connectivity index (χ0n) is 12.7. The molecule has 0 radical (unpaired) electrons. The molecule has 0 spiro atoms. The van der Waals surface area contributed by atoms with Crippen LogP contribution in [0.5, 0.6) is 0 Å². The summed E-state index contributed by atoms with van der Waals surface area (Å²) < 4.78 is 7.90. The number of hydrogen-bond donors (Lipinski definition) is 0. The second kappa shape index (κ2) is 6.12. The zero-order valence-corrected chi connectivity index (χ0v) is 12.7. The Morgan fingerprint density at radius 3 is 2.80 bits per heavy atom. The predicted octanol–water partition coefficient (Wildman–Crippen LogP) is 2.16. The Labute approximate surface area is 121 Å². The van der Waals surface area contributed by atoms with Crippen molar-refractivity contribution in [1.29, 1.82) is 0 Å². The second-order valence-corrected chi connectivity index (χ2v) is 6.31. The van der Waals surface area contributed by atoms with Crippen LogP contribution in [0.2, 0.25) is 0 Å². The SMILES string of the molecule is C[C@H]1CN(c2nnc(CC3CCCC3)n2C)CCCO1. The van der Waals surface area contributed by atoms with Gasteiger partial charge >= 0.3 is 0 Å². The van der Waals surface area contributed by atoms with Crippen LogP contribution in [-0.4, -0.2) is 40.6 Å². The summed E-state index contributed by atoms with van der Waals surface area (Å²) in [5.74, 6) is 2.97. The first-order chi connectivity index (χ1) is 9.74. The minimum atomic E-state index is 0.271. The highest BCUT2D eigenvalue weighted by atomic mass is 16.5. The molecular formula is C15H26N4O. The van der Waals surface area contributed by atoms with Gasteiger partial charge in [-0.3, -0.25) is 0 Å². The summed E-state index contributed by atoms with van der Waals surface area (Å²) in [6.07, 6.45) is 7.91. The van der Waals surface area contributed by atoms with Gasteiger partial charge in [0, 0.05) is 33.2 Å². The molecule has 5 heteroatoms. The third-order valence-electron chi connectivity index (χ3n) is 4.62. The van der Waals surface area contributed by atoms with Crippen LogP contribution in [-0.2, 0) is 18.2 Å². The first kappa shape index (κ1) is 13.9. The van der Waals surface area contributed by atoms with Gasteiger partial charge in [0.25, 0.3) is 0 Å². The minimum Gasteiger partial charge on any atom is -0.377 e. The monoisotopic (exact) mass is 278 g/mol. The Morgan fingerprint density at radius 1 is 1.20 bits per heavy atom. The molecule has 5 nitrogen and oxygen atoms in total. The molecule has 1 atom stereocenters. The summed E-state index contributed by atoms with van der Waals surface area (Å²) in [6, 6.07) is 0. The maximum Gasteiger partial charge on any atom is 0.227 e. The summed E-state index contributed by atoms with van der Waals surface area (Å²) >= 11 is 0. The van der Waals surface area contributed by atoms with Crippen molar-refractivity contribution >= 4 is 5.95 Å². The predicted molar refractivity (Wildman–Crippen MR) is 78.9 cm³/mol. The smallest absolute Gasteiger partial charge is 0.227 e. The van der Waals surface area contributed by atoms with Gasteiger partial charge in [0.05, 0.1) is 6.10 Å². The van der Waals surface area contributed by atoms with E-state index in [4.69, 9.17) is 4.74 Å². The topological polar surface area (TPSA) is 43.2 Å². The van der Waals surface area contributed by atoms with E-state index in [2.05, 4.69) is 33.6 Å². The summed E-state index contributed by atoms with van der Waals surface area (Å²) in [5.41, 5.74) is 0. The Bertz CT molecular complexity index is 439. The van der Waals surface area contributed by atoms with E-state index in [0.29, 0.717) is 0 Å². The minimum absolute atomic E-state index is 0.271. The fourth-order valence-corrected chi connectivity index (χ4v) is 3.45. The van der Waals surface area contributed by atoms with E-state index in [1.807, 2.05) is 0 Å². The van der Waals surface area contributed by atoms with E-state index >= 15 is 0 Å². The quantitative estimate of drug-likeness (QED) is 0.850. The normalized spacial score (nSPS) is 25.1. The van der Waals surface area contributed by atoms with Crippen molar-refractivity contribution in [3.05, 3.63) is 5.82 Å². The molecule has 1 saturated heterocycles. The van der Waals surface area contributed by atoms with Gasteiger partial charge in [0.2, 0.25) is 5.95 Å². The second-order valence-electron chi connectivity index (χ2n) is 6.31. The first-order valence-electron chi connectivity index (χ1n) is 7.99. The lowest BCUT2D eigenvalue weighted by molar-refractivity contribution is 0.0820. The van der Waals surface area contributed by atoms with Gasteiger partial charge < -0.3 is 14.2 Å². The van der Waals surface area contributed by atoms with Crippen LogP contribution in [0.1, 0.15) is 44.9 Å². The third-order valence-corrected chi connectivity index (χ3v) is 4.62. The van der Waals surface area contributed by atoms with E-state index in [1.165, 1.54) is 25.7 Å². The van der Waals surface area contributed by atoms with Crippen LogP contribution >= 0.6 is 0 Å². The average molecular weight is 278 g/mol. The van der Waals surface area contributed by atoms with Crippen molar-refractivity contribution in [2.45, 2.75) is 51.6 Å². The summed E-state index contributed by atoms with van der Waals surface area (Å²) in [5, 5.41) is 8.88. The summed E-state index contributed by atoms with van der Waals surface area (Å²) in [7, 11) is 2.11. The maximum absolute atomic E-state index is 5.71. The van der Waals surface area contributed by atoms with Crippen molar-refractivity contribution in [3.8, 4) is 0 Å². The fourth-order valence-electron chi connectivity index (χ4n) is 3.45. The molecule has 3 rings (SSSR count). The Hall–Kier alpha value is -1.10. The van der Waals surface area contributed by atoms with Crippen LogP contribution in [0.15, 0.2) is 0 Å². The molecule has 1 aliphatic heterocycles. The molecule has 20 heavy (non-hydrogen) atoms. The largest absolute Gasteiger partial charge is 0.377 e. The number of nitrogens with zero attached hydrogens (tertiary/aromatic N) is 4. The van der Waals surface area contributed by atoms with Gasteiger partial charge in [-0.25, -0.2) is 0 Å². The Kier molecular flexibility index (Phi) is 4.24. The molecule has 1 aliphatic carbocycles. The molecule has 0 amide bonds. The molecule has 112 valence electrons. The van der Waals surface area contributed by atoms with Crippen molar-refractivity contribution in [1.82, 2.24) is 14.8 Å². The number of hydrogen-bond acceptors (Lipinski definition) is 4. The van der Waals surface area contributed by atoms with Crippen LogP contribution in [0.4, 0.5) is 5.95 Å². The maximum atomic E-state index is 5.71. The number of aromatic nitrogens is 3. The highest BCUT2D eigenvalue weighted by Gasteiger charge is 2.23. The van der Waals surface area contributed by atoms with Gasteiger partial charge in [-0.2, -0.15) is 0 Å². The summed E-state index contributed by atoms with van der Waals surface area (Å²) in [6.45, 7) is 4.91. The Balaban J connectivity index is 1.71. The first-order valence-corrected chi connectivity index (χ1v) is 7.99. The lowest BCUT2D eigenvalue weighted by atomic mass is 10.0. The molecular weight excluding hydrogens is 252 g/mol. The van der Waals surface area contributed by atoms with Crippen molar-refractivity contribution in [3.63, 3.8) is 0 Å². The highest BCUT2D eigenvalue weighted by Crippen LogP contribution is 2.28. The molecule has 2 aliphatic rings. The standard InChI is InChI=1S/C15H26N4O/c1-12-11-19(8-5-9-20-12)15-17-16-14(18(15)2)10-13-6-3-4-7-13/h12-13H,3-11H2,1-2H3/t12-/m0/s1. The van der Waals surface area contributed by atoms with Crippen molar-refractivity contribution in [2.75, 3.05) is 24.6 Å². The van der Waals surface area contributed by atoms with Crippen molar-refractivity contribution < 1.29 is 4.74 Å². The van der Waals surface area contributed by atoms with Crippen LogP contribution in [0.3, 0.4) is 0 Å². The molecule has 2 fully saturated rings. The van der Waals surface area contributed by atoms with Gasteiger partial charge in [0.1, 0.15) is 5.82 Å². The molecule has 0 bridgehead atoms. The van der Waals surface area contributed by atoms with Crippen LogP contribution in [0, 0.1) is 5.92 Å². The lowest BCUT2D eigenvalue weighted by Crippen LogP contribution is -2.32. The number of ether oxygens (including phenoxy) is 1. The highest BCUT2D eigenvalue weighted by molar-refractivity contribution is 5.31. The zero-order chi connectivity index (χ0) is 13.9. The Morgan fingerprint density at radius 2 is 2.00 bits per heavy atom. The number of rotatable bonds is 3. The molecule has 0 aromatic carbocycles. The summed E-state index contributed by atoms with van der Waals surface area (Å²) in [4.78, 5) is 2.32. The number of anilines is 1. The van der Waals surface area contributed by atoms with E-state index in [9.17, 15) is 0 Å². The van der Waals surface area contributed by atoms with E-state index in [-0.39, 0.29) is 6.10 Å². The van der Waals surface area contributed by atoms with Gasteiger partial charge in [0.15, 0.2) is 0 Å². The molecule has 1 saturated carbocycles. The van der Waals surface area contributed by atoms with Crippen LogP contribution in [0.25, 0.3) is 0 Å². The molecule has 1 aromatic heterocycles. The third kappa shape index (κ3) is 2.97. The van der Waals surface area contributed by atoms with E-state index < -0.39 is 0 Å². The molecule has 0 N–H and O–H groups in total. The van der Waals surface area contributed by atoms with Crippen LogP contribution < -0.4 is 4.90 Å². The molecule has 2 heterocycles. The van der Waals surface area contributed by atoms with Gasteiger partial charge in [-0.15, -0.1) is 10.2 Å². The van der Waals surface area contributed by atoms with Gasteiger partial charge in [-0.1, -0.05) is 25.7 Å².